The van der Waals surface area contributed by atoms with Crippen molar-refractivity contribution >= 4 is 10.8 Å². The van der Waals surface area contributed by atoms with Crippen molar-refractivity contribution in [3.05, 3.63) is 82.4 Å². The predicted octanol–water partition coefficient (Wildman–Crippen LogP) is 7.31. The largest absolute Gasteiger partial charge is 0.494 e. The molecule has 0 aliphatic heterocycles. The highest BCUT2D eigenvalue weighted by molar-refractivity contribution is 5.93. The molecule has 4 aromatic rings. The summed E-state index contributed by atoms with van der Waals surface area (Å²) in [5.41, 5.74) is 3.19. The molecule has 0 radical (unpaired) electrons. The summed E-state index contributed by atoms with van der Waals surface area (Å²) in [4.78, 5) is 0. The van der Waals surface area contributed by atoms with E-state index in [1.807, 2.05) is 38.1 Å². The third kappa shape index (κ3) is 4.55. The van der Waals surface area contributed by atoms with Crippen molar-refractivity contribution in [3.63, 3.8) is 0 Å². The number of aromatic nitrogens is 3. The maximum atomic E-state index is 13.3. The van der Waals surface area contributed by atoms with Crippen molar-refractivity contribution in [2.45, 2.75) is 71.1 Å². The smallest absolute Gasteiger partial charge is 0.416 e. The Balaban J connectivity index is 1.48. The molecule has 2 aromatic heterocycles. The van der Waals surface area contributed by atoms with E-state index in [1.54, 1.807) is 6.07 Å². The third-order valence-electron chi connectivity index (χ3n) is 7.90. The van der Waals surface area contributed by atoms with Crippen molar-refractivity contribution < 1.29 is 23.0 Å². The molecule has 1 aliphatic rings. The number of ether oxygens (including phenoxy) is 1. The molecule has 5 nitrogen and oxygen atoms in total. The standard InChI is InChI=1S/C30H32F3N3O2/c1-5-38-25-11-9-24(10-12-25)36-19(3)26-18(2)34-35-28(27(26)20(36)4)21-13-15-29(37,16-14-21)22-7-6-8-23(17-22)30(31,32)33/h6-12,17,21,37H,5,13-16H2,1-4H3. The summed E-state index contributed by atoms with van der Waals surface area (Å²) in [6.45, 7) is 8.68. The highest BCUT2D eigenvalue weighted by Crippen LogP contribution is 2.46. The summed E-state index contributed by atoms with van der Waals surface area (Å²) in [6.07, 6.45) is -2.53. The lowest BCUT2D eigenvalue weighted by molar-refractivity contribution is -0.137. The molecule has 5 rings (SSSR count). The van der Waals surface area contributed by atoms with Gasteiger partial charge in [-0.15, -0.1) is 0 Å². The Labute approximate surface area is 220 Å². The van der Waals surface area contributed by atoms with Gasteiger partial charge in [0.1, 0.15) is 5.75 Å². The Morgan fingerprint density at radius 1 is 0.974 bits per heavy atom. The second-order valence-electron chi connectivity index (χ2n) is 10.2. The van der Waals surface area contributed by atoms with Crippen LogP contribution in [0.4, 0.5) is 13.2 Å². The highest BCUT2D eigenvalue weighted by Gasteiger charge is 2.39. The monoisotopic (exact) mass is 523 g/mol. The first-order valence-corrected chi connectivity index (χ1v) is 13.0. The number of halogens is 3. The zero-order valence-electron chi connectivity index (χ0n) is 22.1. The van der Waals surface area contributed by atoms with Crippen LogP contribution in [0.25, 0.3) is 16.5 Å². The average molecular weight is 524 g/mol. The summed E-state index contributed by atoms with van der Waals surface area (Å²) < 4.78 is 47.6. The molecule has 2 heterocycles. The van der Waals surface area contributed by atoms with Gasteiger partial charge in [-0.1, -0.05) is 12.1 Å². The fourth-order valence-electron chi connectivity index (χ4n) is 6.00. The minimum absolute atomic E-state index is 0.0472. The molecule has 1 aliphatic carbocycles. The fraction of sp³-hybridized carbons (Fsp3) is 0.400. The van der Waals surface area contributed by atoms with E-state index in [9.17, 15) is 18.3 Å². The topological polar surface area (TPSA) is 60.2 Å². The van der Waals surface area contributed by atoms with E-state index in [2.05, 4.69) is 28.6 Å². The maximum absolute atomic E-state index is 13.3. The molecule has 0 saturated heterocycles. The Morgan fingerprint density at radius 2 is 1.63 bits per heavy atom. The summed E-state index contributed by atoms with van der Waals surface area (Å²) in [5.74, 6) is 0.866. The van der Waals surface area contributed by atoms with Crippen LogP contribution in [-0.2, 0) is 11.8 Å². The molecule has 1 saturated carbocycles. The molecule has 0 unspecified atom stereocenters. The summed E-state index contributed by atoms with van der Waals surface area (Å²) >= 11 is 0. The van der Waals surface area contributed by atoms with Gasteiger partial charge in [-0.2, -0.15) is 23.4 Å². The van der Waals surface area contributed by atoms with Crippen molar-refractivity contribution in [1.29, 1.82) is 0 Å². The molecule has 1 N–H and O–H groups in total. The Kier molecular flexibility index (Phi) is 6.71. The Morgan fingerprint density at radius 3 is 2.26 bits per heavy atom. The van der Waals surface area contributed by atoms with Gasteiger partial charge in [0.2, 0.25) is 0 Å². The number of hydrogen-bond donors (Lipinski definition) is 1. The van der Waals surface area contributed by atoms with Gasteiger partial charge in [0, 0.05) is 33.8 Å². The third-order valence-corrected chi connectivity index (χ3v) is 7.90. The van der Waals surface area contributed by atoms with E-state index < -0.39 is 17.3 Å². The Bertz CT molecular complexity index is 1470. The number of aliphatic hydroxyl groups is 1. The van der Waals surface area contributed by atoms with E-state index >= 15 is 0 Å². The molecular weight excluding hydrogens is 491 g/mol. The zero-order chi connectivity index (χ0) is 27.2. The second-order valence-corrected chi connectivity index (χ2v) is 10.2. The van der Waals surface area contributed by atoms with Crippen molar-refractivity contribution in [3.8, 4) is 11.4 Å². The van der Waals surface area contributed by atoms with Gasteiger partial charge in [0.25, 0.3) is 0 Å². The van der Waals surface area contributed by atoms with E-state index in [0.29, 0.717) is 37.9 Å². The van der Waals surface area contributed by atoms with Crippen LogP contribution in [0.15, 0.2) is 48.5 Å². The minimum Gasteiger partial charge on any atom is -0.494 e. The molecule has 200 valence electrons. The maximum Gasteiger partial charge on any atom is 0.416 e. The first-order valence-electron chi connectivity index (χ1n) is 13.0. The number of nitrogens with zero attached hydrogens (tertiary/aromatic N) is 3. The van der Waals surface area contributed by atoms with Gasteiger partial charge in [-0.25, -0.2) is 0 Å². The predicted molar refractivity (Wildman–Crippen MR) is 141 cm³/mol. The average Bonchev–Trinajstić information content (AvgIpc) is 3.16. The van der Waals surface area contributed by atoms with Gasteiger partial charge >= 0.3 is 6.18 Å². The van der Waals surface area contributed by atoms with Crippen LogP contribution >= 0.6 is 0 Å². The van der Waals surface area contributed by atoms with E-state index in [-0.39, 0.29) is 5.92 Å². The SMILES string of the molecule is CCOc1ccc(-n2c(C)c3c(C)nnc(C4CCC(O)(c5cccc(C(F)(F)F)c5)CC4)c3c2C)cc1. The van der Waals surface area contributed by atoms with Crippen LogP contribution in [-0.4, -0.2) is 26.5 Å². The number of alkyl halides is 3. The van der Waals surface area contributed by atoms with E-state index in [1.165, 1.54) is 6.07 Å². The van der Waals surface area contributed by atoms with Crippen LogP contribution < -0.4 is 4.74 Å². The molecule has 0 amide bonds. The quantitative estimate of drug-likeness (QED) is 0.298. The van der Waals surface area contributed by atoms with Gasteiger partial charge < -0.3 is 14.4 Å². The van der Waals surface area contributed by atoms with Crippen LogP contribution in [0.3, 0.4) is 0 Å². The van der Waals surface area contributed by atoms with Crippen molar-refractivity contribution in [1.82, 2.24) is 14.8 Å². The molecule has 0 spiro atoms. The van der Waals surface area contributed by atoms with Crippen molar-refractivity contribution in [2.24, 2.45) is 0 Å². The lowest BCUT2D eigenvalue weighted by atomic mass is 9.73. The summed E-state index contributed by atoms with van der Waals surface area (Å²) in [6, 6.07) is 13.1. The van der Waals surface area contributed by atoms with Gasteiger partial charge in [-0.05, 0) is 95.3 Å². The van der Waals surface area contributed by atoms with Crippen LogP contribution in [0, 0.1) is 20.8 Å². The molecule has 0 bridgehead atoms. The molecule has 2 aromatic carbocycles. The number of aryl methyl sites for hydroxylation is 3. The number of fused-ring (bicyclic) bond motifs is 1. The van der Waals surface area contributed by atoms with E-state index in [4.69, 9.17) is 4.74 Å². The Hall–Kier alpha value is -3.39. The second kappa shape index (κ2) is 9.73. The van der Waals surface area contributed by atoms with Crippen molar-refractivity contribution in [2.75, 3.05) is 6.61 Å². The van der Waals surface area contributed by atoms with Gasteiger partial charge in [-0.3, -0.25) is 0 Å². The molecule has 1 fully saturated rings. The number of benzene rings is 2. The molecular formula is C30H32F3N3O2. The van der Waals surface area contributed by atoms with Crippen LogP contribution in [0.1, 0.15) is 72.4 Å². The van der Waals surface area contributed by atoms with Crippen LogP contribution in [0.5, 0.6) is 5.75 Å². The normalized spacial score (nSPS) is 20.2. The lowest BCUT2D eigenvalue weighted by Gasteiger charge is -2.36. The first kappa shape index (κ1) is 26.2. The van der Waals surface area contributed by atoms with Crippen LogP contribution in [0.2, 0.25) is 0 Å². The lowest BCUT2D eigenvalue weighted by Crippen LogP contribution is -2.31. The van der Waals surface area contributed by atoms with Gasteiger partial charge in [0.05, 0.1) is 29.2 Å². The molecule has 38 heavy (non-hydrogen) atoms. The molecule has 0 atom stereocenters. The zero-order valence-corrected chi connectivity index (χ0v) is 22.1. The van der Waals surface area contributed by atoms with E-state index in [0.717, 1.165) is 57.1 Å². The first-order chi connectivity index (χ1) is 18.0. The van der Waals surface area contributed by atoms with Gasteiger partial charge in [0.15, 0.2) is 0 Å². The minimum atomic E-state index is -4.45. The highest BCUT2D eigenvalue weighted by atomic mass is 19.4. The number of hydrogen-bond acceptors (Lipinski definition) is 4. The summed E-state index contributed by atoms with van der Waals surface area (Å²) in [5, 5.41) is 22.6. The molecule has 8 heteroatoms. The summed E-state index contributed by atoms with van der Waals surface area (Å²) in [7, 11) is 0. The fourth-order valence-corrected chi connectivity index (χ4v) is 6.00. The number of rotatable bonds is 5.